The zero-order chi connectivity index (χ0) is 18.4. The topological polar surface area (TPSA) is 98.1 Å². The van der Waals surface area contributed by atoms with Crippen LogP contribution in [-0.4, -0.2) is 46.5 Å². The number of hydrogen-bond donors (Lipinski definition) is 3. The smallest absolute Gasteiger partial charge is 0.325 e. The Morgan fingerprint density at radius 2 is 2.04 bits per heavy atom. The van der Waals surface area contributed by atoms with Gasteiger partial charge in [-0.2, -0.15) is 0 Å². The van der Waals surface area contributed by atoms with Crippen LogP contribution in [0.15, 0.2) is 46.1 Å². The average Bonchev–Trinajstić information content (AvgIpc) is 2.63. The van der Waals surface area contributed by atoms with E-state index < -0.39 is 17.2 Å². The van der Waals surface area contributed by atoms with Crippen molar-refractivity contribution in [2.45, 2.75) is 31.7 Å². The van der Waals surface area contributed by atoms with Crippen LogP contribution in [0, 0.1) is 0 Å². The molecule has 7 heteroatoms. The number of likely N-dealkylation sites (tertiary alicyclic amines) is 1. The molecule has 2 aromatic rings. The van der Waals surface area contributed by atoms with Crippen molar-refractivity contribution in [2.24, 2.45) is 0 Å². The first-order valence-corrected chi connectivity index (χ1v) is 9.01. The molecular weight excluding hydrogens is 332 g/mol. The van der Waals surface area contributed by atoms with Crippen molar-refractivity contribution in [3.05, 3.63) is 68.5 Å². The van der Waals surface area contributed by atoms with Crippen molar-refractivity contribution < 1.29 is 4.79 Å². The Morgan fingerprint density at radius 1 is 1.23 bits per heavy atom. The van der Waals surface area contributed by atoms with Crippen molar-refractivity contribution >= 4 is 5.91 Å². The van der Waals surface area contributed by atoms with Gasteiger partial charge in [-0.25, -0.2) is 4.79 Å². The van der Waals surface area contributed by atoms with E-state index in [0.29, 0.717) is 0 Å². The van der Waals surface area contributed by atoms with Crippen molar-refractivity contribution in [2.75, 3.05) is 19.6 Å². The lowest BCUT2D eigenvalue weighted by molar-refractivity contribution is 0.0901. The summed E-state index contributed by atoms with van der Waals surface area (Å²) in [5.74, 6) is -0.446. The molecule has 1 aromatic heterocycles. The second kappa shape index (κ2) is 8.62. The molecule has 1 aliphatic rings. The lowest BCUT2D eigenvalue weighted by atomic mass is 10.0. The number of aryl methyl sites for hydroxylation is 1. The summed E-state index contributed by atoms with van der Waals surface area (Å²) in [7, 11) is 0. The number of nitrogens with one attached hydrogen (secondary N) is 3. The maximum Gasteiger partial charge on any atom is 0.325 e. The van der Waals surface area contributed by atoms with Crippen LogP contribution in [0.2, 0.25) is 0 Å². The van der Waals surface area contributed by atoms with E-state index in [-0.39, 0.29) is 11.6 Å². The molecule has 7 nitrogen and oxygen atoms in total. The van der Waals surface area contributed by atoms with Crippen molar-refractivity contribution in [3.63, 3.8) is 0 Å². The Hall–Kier alpha value is -2.67. The van der Waals surface area contributed by atoms with Crippen molar-refractivity contribution in [1.82, 2.24) is 20.2 Å². The summed E-state index contributed by atoms with van der Waals surface area (Å²) in [5.41, 5.74) is -0.00644. The van der Waals surface area contributed by atoms with Gasteiger partial charge in [-0.1, -0.05) is 30.3 Å². The molecule has 0 radical (unpaired) electrons. The van der Waals surface area contributed by atoms with E-state index in [4.69, 9.17) is 0 Å². The summed E-state index contributed by atoms with van der Waals surface area (Å²) < 4.78 is 0. The van der Waals surface area contributed by atoms with Crippen LogP contribution in [-0.2, 0) is 6.42 Å². The minimum atomic E-state index is -0.665. The molecule has 1 saturated heterocycles. The lowest BCUT2D eigenvalue weighted by Crippen LogP contribution is -2.49. The molecule has 3 rings (SSSR count). The van der Waals surface area contributed by atoms with Gasteiger partial charge >= 0.3 is 5.69 Å². The van der Waals surface area contributed by atoms with E-state index in [0.717, 1.165) is 51.5 Å². The molecule has 1 aliphatic heterocycles. The van der Waals surface area contributed by atoms with E-state index in [9.17, 15) is 14.4 Å². The van der Waals surface area contributed by atoms with E-state index >= 15 is 0 Å². The minimum absolute atomic E-state index is 0.0132. The predicted octanol–water partition coefficient (Wildman–Crippen LogP) is 0.890. The molecular formula is C19H24N4O3. The molecule has 26 heavy (non-hydrogen) atoms. The van der Waals surface area contributed by atoms with Crippen LogP contribution in [0.25, 0.3) is 0 Å². The summed E-state index contributed by atoms with van der Waals surface area (Å²) in [6.07, 6.45) is 5.18. The van der Waals surface area contributed by atoms with Gasteiger partial charge in [0.2, 0.25) is 0 Å². The first-order valence-electron chi connectivity index (χ1n) is 9.01. The summed E-state index contributed by atoms with van der Waals surface area (Å²) in [4.78, 5) is 41.8. The zero-order valence-electron chi connectivity index (χ0n) is 14.7. The highest BCUT2D eigenvalue weighted by molar-refractivity contribution is 5.93. The number of H-pyrrole nitrogens is 2. The molecule has 1 atom stereocenters. The number of aromatic nitrogens is 2. The summed E-state index contributed by atoms with van der Waals surface area (Å²) in [6.45, 7) is 2.79. The molecule has 0 aliphatic carbocycles. The molecule has 1 unspecified atom stereocenters. The van der Waals surface area contributed by atoms with Crippen LogP contribution < -0.4 is 16.6 Å². The number of hydrogen-bond acceptors (Lipinski definition) is 4. The molecule has 138 valence electrons. The number of aromatic amines is 2. The second-order valence-corrected chi connectivity index (χ2v) is 6.69. The third kappa shape index (κ3) is 4.92. The SMILES string of the molecule is O=C(NC1CCCN(CCCc2ccccc2)C1)c1c[nH]c(=O)[nH]c1=O. The summed E-state index contributed by atoms with van der Waals surface area (Å²) in [6, 6.07) is 10.4. The van der Waals surface area contributed by atoms with Gasteiger partial charge < -0.3 is 15.2 Å². The van der Waals surface area contributed by atoms with E-state index in [1.165, 1.54) is 5.56 Å². The van der Waals surface area contributed by atoms with E-state index in [1.807, 2.05) is 6.07 Å². The average molecular weight is 356 g/mol. The summed E-state index contributed by atoms with van der Waals surface area (Å²) >= 11 is 0. The fourth-order valence-corrected chi connectivity index (χ4v) is 3.37. The van der Waals surface area contributed by atoms with Gasteiger partial charge in [0.05, 0.1) is 0 Å². The van der Waals surface area contributed by atoms with Gasteiger partial charge in [0.25, 0.3) is 11.5 Å². The van der Waals surface area contributed by atoms with Gasteiger partial charge in [0.15, 0.2) is 0 Å². The lowest BCUT2D eigenvalue weighted by Gasteiger charge is -2.33. The number of piperidine rings is 1. The number of rotatable bonds is 6. The van der Waals surface area contributed by atoms with Crippen LogP contribution >= 0.6 is 0 Å². The van der Waals surface area contributed by atoms with E-state index in [1.54, 1.807) is 0 Å². The van der Waals surface area contributed by atoms with Crippen molar-refractivity contribution in [1.29, 1.82) is 0 Å². The van der Waals surface area contributed by atoms with Crippen LogP contribution in [0.3, 0.4) is 0 Å². The molecule has 0 spiro atoms. The third-order valence-electron chi connectivity index (χ3n) is 4.69. The normalized spacial score (nSPS) is 17.8. The van der Waals surface area contributed by atoms with Crippen LogP contribution in [0.4, 0.5) is 0 Å². The molecule has 1 aromatic carbocycles. The fraction of sp³-hybridized carbons (Fsp3) is 0.421. The molecule has 0 bridgehead atoms. The maximum atomic E-state index is 12.3. The van der Waals surface area contributed by atoms with E-state index in [2.05, 4.69) is 44.5 Å². The highest BCUT2D eigenvalue weighted by Crippen LogP contribution is 2.12. The van der Waals surface area contributed by atoms with Crippen LogP contribution in [0.1, 0.15) is 35.2 Å². The highest BCUT2D eigenvalue weighted by atomic mass is 16.2. The standard InChI is InChI=1S/C19H24N4O3/c24-17(16-12-20-19(26)22-18(16)25)21-15-9-5-11-23(13-15)10-4-8-14-6-2-1-3-7-14/h1-3,6-7,12,15H,4-5,8-11,13H2,(H,21,24)(H2,20,22,25,26). The first kappa shape index (κ1) is 18.1. The third-order valence-corrected chi connectivity index (χ3v) is 4.69. The molecule has 2 heterocycles. The number of amides is 1. The Balaban J connectivity index is 1.49. The number of benzene rings is 1. The first-order chi connectivity index (χ1) is 12.6. The zero-order valence-corrected chi connectivity index (χ0v) is 14.7. The van der Waals surface area contributed by atoms with Gasteiger partial charge in [0, 0.05) is 18.8 Å². The highest BCUT2D eigenvalue weighted by Gasteiger charge is 2.22. The predicted molar refractivity (Wildman–Crippen MR) is 99.4 cm³/mol. The molecule has 0 saturated carbocycles. The largest absolute Gasteiger partial charge is 0.348 e. The minimum Gasteiger partial charge on any atom is -0.348 e. The Bertz CT molecular complexity index is 844. The van der Waals surface area contributed by atoms with Gasteiger partial charge in [-0.15, -0.1) is 0 Å². The number of carbonyl (C=O) groups excluding carboxylic acids is 1. The monoisotopic (exact) mass is 356 g/mol. The number of nitrogens with zero attached hydrogens (tertiary/aromatic N) is 1. The summed E-state index contributed by atoms with van der Waals surface area (Å²) in [5, 5.41) is 2.91. The van der Waals surface area contributed by atoms with Crippen LogP contribution in [0.5, 0.6) is 0 Å². The quantitative estimate of drug-likeness (QED) is 0.716. The second-order valence-electron chi connectivity index (χ2n) is 6.69. The van der Waals surface area contributed by atoms with Gasteiger partial charge in [-0.05, 0) is 44.3 Å². The Kier molecular flexibility index (Phi) is 6.01. The molecule has 3 N–H and O–H groups in total. The molecule has 1 fully saturated rings. The fourth-order valence-electron chi connectivity index (χ4n) is 3.37. The molecule has 1 amide bonds. The maximum absolute atomic E-state index is 12.3. The Morgan fingerprint density at radius 3 is 2.81 bits per heavy atom. The Labute approximate surface area is 151 Å². The van der Waals surface area contributed by atoms with Gasteiger partial charge in [0.1, 0.15) is 5.56 Å². The van der Waals surface area contributed by atoms with Gasteiger partial charge in [-0.3, -0.25) is 14.6 Å². The number of carbonyl (C=O) groups is 1. The van der Waals surface area contributed by atoms with Crippen molar-refractivity contribution in [3.8, 4) is 0 Å².